The molecule has 1 aromatic rings. The molecular formula is C15H23ClN2OS. The maximum Gasteiger partial charge on any atom is 0.234 e. The fourth-order valence-corrected chi connectivity index (χ4v) is 2.73. The van der Waals surface area contributed by atoms with E-state index in [0.29, 0.717) is 6.54 Å². The summed E-state index contributed by atoms with van der Waals surface area (Å²) in [4.78, 5) is 15.0. The van der Waals surface area contributed by atoms with E-state index < -0.39 is 0 Å². The molecule has 0 unspecified atom stereocenters. The first-order valence-electron chi connectivity index (χ1n) is 6.64. The number of rotatable bonds is 6. The van der Waals surface area contributed by atoms with Gasteiger partial charge < -0.3 is 5.32 Å². The highest BCUT2D eigenvalue weighted by molar-refractivity contribution is 7.99. The predicted molar refractivity (Wildman–Crippen MR) is 87.6 cm³/mol. The van der Waals surface area contributed by atoms with Gasteiger partial charge in [0.05, 0.1) is 6.54 Å². The van der Waals surface area contributed by atoms with Crippen LogP contribution in [-0.2, 0) is 4.79 Å². The van der Waals surface area contributed by atoms with E-state index in [9.17, 15) is 4.79 Å². The average molecular weight is 315 g/mol. The Morgan fingerprint density at radius 1 is 1.30 bits per heavy atom. The number of nitrogens with one attached hydrogen (secondary N) is 1. The number of hydrogen-bond acceptors (Lipinski definition) is 3. The highest BCUT2D eigenvalue weighted by Gasteiger charge is 2.14. The maximum absolute atomic E-state index is 11.8. The Morgan fingerprint density at radius 3 is 2.45 bits per heavy atom. The zero-order valence-electron chi connectivity index (χ0n) is 12.6. The smallest absolute Gasteiger partial charge is 0.234 e. The van der Waals surface area contributed by atoms with Crippen LogP contribution < -0.4 is 5.32 Å². The quantitative estimate of drug-likeness (QED) is 0.818. The third-order valence-electron chi connectivity index (χ3n) is 2.48. The molecule has 0 fully saturated rings. The molecule has 0 aliphatic carbocycles. The lowest BCUT2D eigenvalue weighted by Crippen LogP contribution is -2.45. The molecule has 0 atom stereocenters. The minimum Gasteiger partial charge on any atom is -0.350 e. The molecule has 0 saturated heterocycles. The van der Waals surface area contributed by atoms with Crippen molar-refractivity contribution < 1.29 is 4.79 Å². The van der Waals surface area contributed by atoms with Crippen molar-refractivity contribution in [1.29, 1.82) is 0 Å². The summed E-state index contributed by atoms with van der Waals surface area (Å²) >= 11 is 7.61. The Labute approximate surface area is 131 Å². The summed E-state index contributed by atoms with van der Waals surface area (Å²) in [5.74, 6) is 1.01. The van der Waals surface area contributed by atoms with E-state index in [2.05, 4.69) is 5.32 Å². The summed E-state index contributed by atoms with van der Waals surface area (Å²) in [6.07, 6.45) is 0. The molecule has 0 heterocycles. The van der Waals surface area contributed by atoms with Crippen LogP contribution in [0.25, 0.3) is 0 Å². The van der Waals surface area contributed by atoms with Crippen LogP contribution in [0, 0.1) is 0 Å². The number of carbonyl (C=O) groups is 1. The van der Waals surface area contributed by atoms with Gasteiger partial charge in [0.1, 0.15) is 0 Å². The highest BCUT2D eigenvalue weighted by Crippen LogP contribution is 2.20. The van der Waals surface area contributed by atoms with E-state index in [1.807, 2.05) is 57.0 Å². The van der Waals surface area contributed by atoms with Crippen LogP contribution in [0.1, 0.15) is 20.8 Å². The van der Waals surface area contributed by atoms with Gasteiger partial charge in [-0.15, -0.1) is 11.8 Å². The second-order valence-corrected chi connectivity index (χ2v) is 7.44. The minimum atomic E-state index is -0.171. The molecule has 0 spiro atoms. The van der Waals surface area contributed by atoms with E-state index in [0.717, 1.165) is 17.3 Å². The zero-order chi connectivity index (χ0) is 15.2. The van der Waals surface area contributed by atoms with E-state index in [-0.39, 0.29) is 11.4 Å². The van der Waals surface area contributed by atoms with Crippen molar-refractivity contribution in [2.24, 2.45) is 0 Å². The SMILES string of the molecule is CN(CCSc1ccc(Cl)cc1)CC(=O)NC(C)(C)C. The molecule has 112 valence electrons. The molecule has 1 rings (SSSR count). The second-order valence-electron chi connectivity index (χ2n) is 5.84. The number of nitrogens with zero attached hydrogens (tertiary/aromatic N) is 1. The first-order chi connectivity index (χ1) is 9.26. The fraction of sp³-hybridized carbons (Fsp3) is 0.533. The first kappa shape index (κ1) is 17.3. The summed E-state index contributed by atoms with van der Waals surface area (Å²) in [7, 11) is 1.96. The van der Waals surface area contributed by atoms with Crippen LogP contribution in [0.5, 0.6) is 0 Å². The van der Waals surface area contributed by atoms with Gasteiger partial charge in [0.15, 0.2) is 0 Å². The maximum atomic E-state index is 11.8. The monoisotopic (exact) mass is 314 g/mol. The van der Waals surface area contributed by atoms with Crippen molar-refractivity contribution in [1.82, 2.24) is 10.2 Å². The van der Waals surface area contributed by atoms with Crippen LogP contribution in [-0.4, -0.2) is 42.2 Å². The average Bonchev–Trinajstić information content (AvgIpc) is 2.29. The van der Waals surface area contributed by atoms with Gasteiger partial charge in [-0.05, 0) is 52.1 Å². The lowest BCUT2D eigenvalue weighted by Gasteiger charge is -2.23. The lowest BCUT2D eigenvalue weighted by atomic mass is 10.1. The van der Waals surface area contributed by atoms with Crippen molar-refractivity contribution in [3.8, 4) is 0 Å². The number of halogens is 1. The largest absolute Gasteiger partial charge is 0.350 e. The third-order valence-corrected chi connectivity index (χ3v) is 3.73. The number of amides is 1. The van der Waals surface area contributed by atoms with Crippen molar-refractivity contribution in [3.63, 3.8) is 0 Å². The van der Waals surface area contributed by atoms with Gasteiger partial charge in [-0.1, -0.05) is 11.6 Å². The second kappa shape index (κ2) is 7.91. The molecule has 0 aliphatic heterocycles. The number of benzene rings is 1. The van der Waals surface area contributed by atoms with Gasteiger partial charge in [-0.3, -0.25) is 9.69 Å². The Hall–Kier alpha value is -0.710. The Morgan fingerprint density at radius 2 is 1.90 bits per heavy atom. The standard InChI is InChI=1S/C15H23ClN2OS/c1-15(2,3)17-14(19)11-18(4)9-10-20-13-7-5-12(16)6-8-13/h5-8H,9-11H2,1-4H3,(H,17,19). The highest BCUT2D eigenvalue weighted by atomic mass is 35.5. The summed E-state index contributed by atoms with van der Waals surface area (Å²) in [6, 6.07) is 7.81. The molecule has 1 aromatic carbocycles. The van der Waals surface area contributed by atoms with Crippen molar-refractivity contribution in [3.05, 3.63) is 29.3 Å². The van der Waals surface area contributed by atoms with Crippen LogP contribution in [0.3, 0.4) is 0 Å². The molecule has 20 heavy (non-hydrogen) atoms. The number of hydrogen-bond donors (Lipinski definition) is 1. The minimum absolute atomic E-state index is 0.0662. The van der Waals surface area contributed by atoms with Crippen LogP contribution in [0.15, 0.2) is 29.2 Å². The van der Waals surface area contributed by atoms with Gasteiger partial charge in [0.25, 0.3) is 0 Å². The third kappa shape index (κ3) is 7.78. The van der Waals surface area contributed by atoms with Gasteiger partial charge in [-0.25, -0.2) is 0 Å². The number of thioether (sulfide) groups is 1. The Bertz CT molecular complexity index is 428. The summed E-state index contributed by atoms with van der Waals surface area (Å²) in [6.45, 7) is 7.26. The fourth-order valence-electron chi connectivity index (χ4n) is 1.63. The van der Waals surface area contributed by atoms with E-state index in [4.69, 9.17) is 11.6 Å². The number of likely N-dealkylation sites (N-methyl/N-ethyl adjacent to an activating group) is 1. The van der Waals surface area contributed by atoms with Crippen molar-refractivity contribution >= 4 is 29.3 Å². The van der Waals surface area contributed by atoms with E-state index in [1.54, 1.807) is 11.8 Å². The van der Waals surface area contributed by atoms with Crippen LogP contribution >= 0.6 is 23.4 Å². The van der Waals surface area contributed by atoms with E-state index in [1.165, 1.54) is 4.90 Å². The molecule has 5 heteroatoms. The van der Waals surface area contributed by atoms with Gasteiger partial charge in [-0.2, -0.15) is 0 Å². The number of carbonyl (C=O) groups excluding carboxylic acids is 1. The molecule has 0 aromatic heterocycles. The van der Waals surface area contributed by atoms with Crippen molar-refractivity contribution in [2.75, 3.05) is 25.9 Å². The van der Waals surface area contributed by atoms with Gasteiger partial charge in [0.2, 0.25) is 5.91 Å². The summed E-state index contributed by atoms with van der Waals surface area (Å²) < 4.78 is 0. The molecule has 0 bridgehead atoms. The summed E-state index contributed by atoms with van der Waals surface area (Å²) in [5.41, 5.74) is -0.171. The van der Waals surface area contributed by atoms with Gasteiger partial charge in [0, 0.05) is 27.8 Å². The Kier molecular flexibility index (Phi) is 6.86. The predicted octanol–water partition coefficient (Wildman–Crippen LogP) is 3.28. The molecule has 0 radical (unpaired) electrons. The zero-order valence-corrected chi connectivity index (χ0v) is 14.1. The molecule has 1 amide bonds. The Balaban J connectivity index is 2.24. The van der Waals surface area contributed by atoms with Crippen LogP contribution in [0.4, 0.5) is 0 Å². The summed E-state index contributed by atoms with van der Waals surface area (Å²) in [5, 5.41) is 3.72. The topological polar surface area (TPSA) is 32.3 Å². The van der Waals surface area contributed by atoms with E-state index >= 15 is 0 Å². The molecular weight excluding hydrogens is 292 g/mol. The molecule has 0 saturated carbocycles. The molecule has 1 N–H and O–H groups in total. The molecule has 0 aliphatic rings. The van der Waals surface area contributed by atoms with Crippen LogP contribution in [0.2, 0.25) is 5.02 Å². The normalized spacial score (nSPS) is 11.7. The van der Waals surface area contributed by atoms with Crippen molar-refractivity contribution in [2.45, 2.75) is 31.2 Å². The van der Waals surface area contributed by atoms with Gasteiger partial charge >= 0.3 is 0 Å². The molecule has 3 nitrogen and oxygen atoms in total. The first-order valence-corrected chi connectivity index (χ1v) is 8.00. The lowest BCUT2D eigenvalue weighted by molar-refractivity contribution is -0.123.